The summed E-state index contributed by atoms with van der Waals surface area (Å²) >= 11 is 0. The molecule has 0 bridgehead atoms. The summed E-state index contributed by atoms with van der Waals surface area (Å²) in [5, 5.41) is 3.56. The number of aryl methyl sites for hydroxylation is 1. The maximum Gasteiger partial charge on any atom is 0.695 e. The molecule has 1 unspecified atom stereocenters. The van der Waals surface area contributed by atoms with E-state index in [2.05, 4.69) is 15.3 Å². The largest absolute Gasteiger partial charge is 0.695 e. The average Bonchev–Trinajstić information content (AvgIpc) is 3.76. The molecule has 7 rings (SSSR count). The molecule has 6 aromatic rings. The fourth-order valence-electron chi connectivity index (χ4n) is 6.88. The standard InChI is InChI=1S/C40H37N4O8P/c1-26-23-44(38-36(26)37(41-25-42-38)43-39(45)27-10-6-4-7-11-27)35-22-33(52-53(46)47)34(51-35)24-50-40(28-12-8-5-9-13-28,29-14-18-31(48-2)19-15-29)30-16-20-32(49-3)21-17-30/h4-21,23,25,33-35H,22,24H2,1-3H3,(H-,41,42,43,45,46,47)/p+1/t33-,34+,35+/m0/s1. The lowest BCUT2D eigenvalue weighted by Crippen LogP contribution is -2.38. The Morgan fingerprint density at radius 3 is 2.06 bits per heavy atom. The van der Waals surface area contributed by atoms with E-state index in [9.17, 15) is 14.3 Å². The average molecular weight is 734 g/mol. The number of hydrogen-bond donors (Lipinski definition) is 2. The topological polar surface area (TPSA) is 143 Å². The van der Waals surface area contributed by atoms with Gasteiger partial charge in [-0.1, -0.05) is 72.8 Å². The third kappa shape index (κ3) is 7.28. The maximum absolute atomic E-state index is 13.0. The van der Waals surface area contributed by atoms with Crippen molar-refractivity contribution in [1.82, 2.24) is 14.5 Å². The number of aromatic nitrogens is 3. The quantitative estimate of drug-likeness (QED) is 0.0914. The van der Waals surface area contributed by atoms with Gasteiger partial charge >= 0.3 is 8.25 Å². The van der Waals surface area contributed by atoms with Crippen LogP contribution in [0.1, 0.15) is 45.3 Å². The molecule has 1 aliphatic rings. The van der Waals surface area contributed by atoms with E-state index in [0.717, 1.165) is 22.3 Å². The Kier molecular flexibility index (Phi) is 10.6. The lowest BCUT2D eigenvalue weighted by atomic mass is 9.80. The summed E-state index contributed by atoms with van der Waals surface area (Å²) in [5.41, 5.74) is 3.17. The first-order chi connectivity index (χ1) is 25.8. The second-order valence-electron chi connectivity index (χ2n) is 12.5. The molecular formula is C40H38N4O8P+. The number of carbonyl (C=O) groups excluding carboxylic acids is 1. The van der Waals surface area contributed by atoms with Gasteiger partial charge in [-0.25, -0.2) is 9.97 Å². The highest BCUT2D eigenvalue weighted by molar-refractivity contribution is 7.32. The molecular weight excluding hydrogens is 695 g/mol. The van der Waals surface area contributed by atoms with E-state index in [-0.39, 0.29) is 18.9 Å². The van der Waals surface area contributed by atoms with Crippen molar-refractivity contribution in [3.63, 3.8) is 0 Å². The SMILES string of the molecule is COc1ccc(C(OC[C@H]2O[C@@H](n3cc(C)c4c(NC(=O)c5ccccc5)ncnc43)C[C@@H]2O[P+](=O)O)(c2ccccc2)c2ccc(OC)cc2)cc1. The van der Waals surface area contributed by atoms with Crippen LogP contribution >= 0.6 is 8.25 Å². The van der Waals surface area contributed by atoms with Gasteiger partial charge < -0.3 is 28.8 Å². The lowest BCUT2D eigenvalue weighted by molar-refractivity contribution is -0.0902. The first kappa shape index (κ1) is 35.9. The molecule has 2 aromatic heterocycles. The normalized spacial score (nSPS) is 17.4. The lowest BCUT2D eigenvalue weighted by Gasteiger charge is -2.37. The minimum absolute atomic E-state index is 0.0250. The van der Waals surface area contributed by atoms with E-state index < -0.39 is 32.3 Å². The predicted molar refractivity (Wildman–Crippen MR) is 198 cm³/mol. The van der Waals surface area contributed by atoms with Crippen molar-refractivity contribution in [2.45, 2.75) is 37.4 Å². The first-order valence-electron chi connectivity index (χ1n) is 17.0. The zero-order valence-corrected chi connectivity index (χ0v) is 30.2. The number of fused-ring (bicyclic) bond motifs is 1. The van der Waals surface area contributed by atoms with Crippen molar-refractivity contribution in [3.8, 4) is 11.5 Å². The first-order valence-corrected chi connectivity index (χ1v) is 18.1. The predicted octanol–water partition coefficient (Wildman–Crippen LogP) is 7.34. The summed E-state index contributed by atoms with van der Waals surface area (Å²) in [7, 11) is 0.257. The minimum atomic E-state index is -2.97. The van der Waals surface area contributed by atoms with Crippen molar-refractivity contribution >= 4 is 31.0 Å². The van der Waals surface area contributed by atoms with Crippen molar-refractivity contribution in [1.29, 1.82) is 0 Å². The second-order valence-corrected chi connectivity index (χ2v) is 13.2. The van der Waals surface area contributed by atoms with Crippen molar-refractivity contribution in [2.75, 3.05) is 26.1 Å². The fourth-order valence-corrected chi connectivity index (χ4v) is 7.34. The molecule has 1 amide bonds. The van der Waals surface area contributed by atoms with Gasteiger partial charge in [-0.3, -0.25) is 4.79 Å². The molecule has 0 spiro atoms. The van der Waals surface area contributed by atoms with Crippen LogP contribution in [0.2, 0.25) is 0 Å². The number of hydrogen-bond acceptors (Lipinski definition) is 9. The van der Waals surface area contributed by atoms with Crippen LogP contribution in [0, 0.1) is 6.92 Å². The molecule has 1 aliphatic heterocycles. The molecule has 0 saturated carbocycles. The highest BCUT2D eigenvalue weighted by Gasteiger charge is 2.46. The maximum atomic E-state index is 13.0. The van der Waals surface area contributed by atoms with Gasteiger partial charge in [0.2, 0.25) is 0 Å². The van der Waals surface area contributed by atoms with Crippen LogP contribution in [0.3, 0.4) is 0 Å². The summed E-state index contributed by atoms with van der Waals surface area (Å²) in [6.45, 7) is 1.87. The van der Waals surface area contributed by atoms with Gasteiger partial charge in [-0.2, -0.15) is 0 Å². The van der Waals surface area contributed by atoms with E-state index in [1.165, 1.54) is 6.33 Å². The Balaban J connectivity index is 1.24. The molecule has 12 nitrogen and oxygen atoms in total. The van der Waals surface area contributed by atoms with Gasteiger partial charge in [0.1, 0.15) is 53.3 Å². The van der Waals surface area contributed by atoms with E-state index >= 15 is 0 Å². The highest BCUT2D eigenvalue weighted by atomic mass is 31.1. The molecule has 0 aliphatic carbocycles. The number of rotatable bonds is 13. The number of nitrogens with one attached hydrogen (secondary N) is 1. The summed E-state index contributed by atoms with van der Waals surface area (Å²) in [6, 6.07) is 34.0. The Labute approximate surface area is 307 Å². The Bertz CT molecular complexity index is 2150. The van der Waals surface area contributed by atoms with Crippen LogP contribution in [0.15, 0.2) is 122 Å². The van der Waals surface area contributed by atoms with E-state index in [4.69, 9.17) is 23.5 Å². The zero-order valence-electron chi connectivity index (χ0n) is 29.3. The zero-order chi connectivity index (χ0) is 37.0. The number of benzene rings is 4. The van der Waals surface area contributed by atoms with E-state index in [0.29, 0.717) is 33.9 Å². The molecule has 270 valence electrons. The summed E-state index contributed by atoms with van der Waals surface area (Å²) in [4.78, 5) is 31.9. The van der Waals surface area contributed by atoms with Crippen LogP contribution in [0.5, 0.6) is 11.5 Å². The van der Waals surface area contributed by atoms with Crippen LogP contribution in [0.4, 0.5) is 5.82 Å². The minimum Gasteiger partial charge on any atom is -0.497 e. The Morgan fingerprint density at radius 1 is 0.887 bits per heavy atom. The number of nitrogens with zero attached hydrogens (tertiary/aromatic N) is 3. The van der Waals surface area contributed by atoms with Crippen molar-refractivity contribution in [3.05, 3.63) is 150 Å². The van der Waals surface area contributed by atoms with Gasteiger partial charge in [0.25, 0.3) is 5.91 Å². The third-order valence-corrected chi connectivity index (χ3v) is 9.87. The molecule has 0 radical (unpaired) electrons. The highest BCUT2D eigenvalue weighted by Crippen LogP contribution is 2.44. The monoisotopic (exact) mass is 733 g/mol. The number of ether oxygens (including phenoxy) is 4. The smallest absolute Gasteiger partial charge is 0.497 e. The van der Waals surface area contributed by atoms with Gasteiger partial charge in [0.05, 0.1) is 26.2 Å². The van der Waals surface area contributed by atoms with Gasteiger partial charge in [-0.05, 0) is 65.6 Å². The van der Waals surface area contributed by atoms with Gasteiger partial charge in [0, 0.05) is 22.7 Å². The molecule has 13 heteroatoms. The number of amides is 1. The Morgan fingerprint density at radius 2 is 1.47 bits per heavy atom. The molecule has 2 N–H and O–H groups in total. The molecule has 3 heterocycles. The molecule has 4 aromatic carbocycles. The summed E-state index contributed by atoms with van der Waals surface area (Å²) in [6.07, 6.45) is 1.22. The number of methoxy groups -OCH3 is 2. The summed E-state index contributed by atoms with van der Waals surface area (Å²) in [5.74, 6) is 1.43. The van der Waals surface area contributed by atoms with Crippen LogP contribution in [-0.4, -0.2) is 58.4 Å². The second kappa shape index (κ2) is 15.6. The van der Waals surface area contributed by atoms with Crippen molar-refractivity contribution < 1.29 is 37.7 Å². The Hall–Kier alpha value is -5.49. The molecule has 1 saturated heterocycles. The van der Waals surface area contributed by atoms with Crippen LogP contribution in [0.25, 0.3) is 11.0 Å². The fraction of sp³-hybridized carbons (Fsp3) is 0.225. The molecule has 4 atom stereocenters. The van der Waals surface area contributed by atoms with Gasteiger partial charge in [-0.15, -0.1) is 9.42 Å². The third-order valence-electron chi connectivity index (χ3n) is 9.42. The molecule has 53 heavy (non-hydrogen) atoms. The van der Waals surface area contributed by atoms with E-state index in [1.807, 2.05) is 103 Å². The molecule has 1 fully saturated rings. The number of anilines is 1. The van der Waals surface area contributed by atoms with Crippen molar-refractivity contribution in [2.24, 2.45) is 0 Å². The van der Waals surface area contributed by atoms with E-state index in [1.54, 1.807) is 38.5 Å². The summed E-state index contributed by atoms with van der Waals surface area (Å²) < 4.78 is 44.2. The van der Waals surface area contributed by atoms with Crippen LogP contribution < -0.4 is 14.8 Å². The number of carbonyl (C=O) groups is 1. The van der Waals surface area contributed by atoms with Crippen LogP contribution in [-0.2, 0) is 24.2 Å². The van der Waals surface area contributed by atoms with Gasteiger partial charge in [0.15, 0.2) is 0 Å².